The third-order valence-corrected chi connectivity index (χ3v) is 5.87. The molecule has 0 saturated heterocycles. The number of nitrogens with one attached hydrogen (secondary N) is 1. The van der Waals surface area contributed by atoms with Crippen molar-refractivity contribution >= 4 is 6.03 Å². The molecule has 0 radical (unpaired) electrons. The highest BCUT2D eigenvalue weighted by Gasteiger charge is 2.24. The van der Waals surface area contributed by atoms with Gasteiger partial charge < -0.3 is 19.4 Å². The van der Waals surface area contributed by atoms with E-state index in [1.807, 2.05) is 34.1 Å². The third kappa shape index (κ3) is 4.27. The van der Waals surface area contributed by atoms with Crippen molar-refractivity contribution in [2.75, 3.05) is 6.54 Å². The van der Waals surface area contributed by atoms with Crippen LogP contribution in [-0.4, -0.2) is 36.6 Å². The van der Waals surface area contributed by atoms with Gasteiger partial charge in [0.2, 0.25) is 0 Å². The standard InChI is InChI=1S/C25H26N6O/c1-19-5-7-22(8-6-19)31-18-28-23-16-30(11-9-24(23)31)25(32)27-14-20-3-2-4-21(13-20)15-29-12-10-26-17-29/h2-8,10,12-13,17-18H,9,11,14-16H2,1H3,(H,27,32). The smallest absolute Gasteiger partial charge is 0.318 e. The Balaban J connectivity index is 1.20. The number of hydrogen-bond acceptors (Lipinski definition) is 3. The Bertz CT molecular complexity index is 1210. The summed E-state index contributed by atoms with van der Waals surface area (Å²) in [6, 6.07) is 16.6. The summed E-state index contributed by atoms with van der Waals surface area (Å²) in [5.41, 5.74) is 6.76. The number of amides is 2. The second-order valence-corrected chi connectivity index (χ2v) is 8.23. The quantitative estimate of drug-likeness (QED) is 0.529. The summed E-state index contributed by atoms with van der Waals surface area (Å²) < 4.78 is 4.16. The molecule has 3 heterocycles. The number of rotatable bonds is 5. The second-order valence-electron chi connectivity index (χ2n) is 8.23. The number of hydrogen-bond donors (Lipinski definition) is 1. The fourth-order valence-electron chi connectivity index (χ4n) is 4.13. The van der Waals surface area contributed by atoms with E-state index in [1.54, 1.807) is 12.5 Å². The van der Waals surface area contributed by atoms with Crippen LogP contribution < -0.4 is 5.32 Å². The van der Waals surface area contributed by atoms with Gasteiger partial charge in [0.1, 0.15) is 0 Å². The summed E-state index contributed by atoms with van der Waals surface area (Å²) in [6.45, 7) is 4.55. The van der Waals surface area contributed by atoms with Gasteiger partial charge in [-0.15, -0.1) is 0 Å². The van der Waals surface area contributed by atoms with Crippen molar-refractivity contribution < 1.29 is 4.79 Å². The summed E-state index contributed by atoms with van der Waals surface area (Å²) in [4.78, 5) is 23.3. The minimum Gasteiger partial charge on any atom is -0.334 e. The molecule has 7 nitrogen and oxygen atoms in total. The van der Waals surface area contributed by atoms with Crippen molar-refractivity contribution in [3.8, 4) is 5.69 Å². The van der Waals surface area contributed by atoms with Crippen molar-refractivity contribution in [3.05, 3.63) is 102 Å². The van der Waals surface area contributed by atoms with Gasteiger partial charge in [-0.3, -0.25) is 0 Å². The summed E-state index contributed by atoms with van der Waals surface area (Å²) in [6.07, 6.45) is 8.18. The van der Waals surface area contributed by atoms with E-state index in [-0.39, 0.29) is 6.03 Å². The molecular weight excluding hydrogens is 400 g/mol. The van der Waals surface area contributed by atoms with E-state index in [1.165, 1.54) is 16.8 Å². The number of benzene rings is 2. The van der Waals surface area contributed by atoms with Gasteiger partial charge in [-0.25, -0.2) is 14.8 Å². The Morgan fingerprint density at radius 2 is 1.94 bits per heavy atom. The minimum absolute atomic E-state index is 0.0550. The molecule has 1 N–H and O–H groups in total. The lowest BCUT2D eigenvalue weighted by molar-refractivity contribution is 0.190. The molecule has 7 heteroatoms. The monoisotopic (exact) mass is 426 g/mol. The molecule has 2 amide bonds. The molecule has 0 unspecified atom stereocenters. The Morgan fingerprint density at radius 3 is 2.75 bits per heavy atom. The SMILES string of the molecule is Cc1ccc(-n2cnc3c2CCN(C(=O)NCc2cccc(Cn4ccnc4)c2)C3)cc1. The summed E-state index contributed by atoms with van der Waals surface area (Å²) in [5, 5.41) is 3.06. The maximum Gasteiger partial charge on any atom is 0.318 e. The molecule has 5 rings (SSSR count). The van der Waals surface area contributed by atoms with Gasteiger partial charge in [-0.2, -0.15) is 0 Å². The van der Waals surface area contributed by atoms with Crippen molar-refractivity contribution in [1.82, 2.24) is 29.3 Å². The molecule has 32 heavy (non-hydrogen) atoms. The van der Waals surface area contributed by atoms with Crippen molar-refractivity contribution in [3.63, 3.8) is 0 Å². The molecule has 0 aliphatic carbocycles. The van der Waals surface area contributed by atoms with Crippen LogP contribution in [0.15, 0.2) is 73.6 Å². The van der Waals surface area contributed by atoms with Crippen LogP contribution in [0, 0.1) is 6.92 Å². The highest BCUT2D eigenvalue weighted by molar-refractivity contribution is 5.74. The van der Waals surface area contributed by atoms with Gasteiger partial charge in [0, 0.05) is 49.8 Å². The largest absolute Gasteiger partial charge is 0.334 e. The zero-order valence-corrected chi connectivity index (χ0v) is 18.1. The first-order valence-electron chi connectivity index (χ1n) is 10.8. The van der Waals surface area contributed by atoms with Crippen LogP contribution >= 0.6 is 0 Å². The van der Waals surface area contributed by atoms with Gasteiger partial charge >= 0.3 is 6.03 Å². The van der Waals surface area contributed by atoms with Crippen LogP contribution in [0.2, 0.25) is 0 Å². The zero-order valence-electron chi connectivity index (χ0n) is 18.1. The lowest BCUT2D eigenvalue weighted by Gasteiger charge is -2.27. The Labute approximate surface area is 187 Å². The molecule has 0 bridgehead atoms. The first-order valence-corrected chi connectivity index (χ1v) is 10.8. The molecule has 1 aliphatic heterocycles. The number of carbonyl (C=O) groups is 1. The zero-order chi connectivity index (χ0) is 21.9. The maximum absolute atomic E-state index is 12.8. The molecule has 1 aliphatic rings. The van der Waals surface area contributed by atoms with E-state index in [2.05, 4.69) is 63.2 Å². The predicted molar refractivity (Wildman–Crippen MR) is 122 cm³/mol. The number of urea groups is 1. The molecule has 162 valence electrons. The second kappa shape index (κ2) is 8.70. The van der Waals surface area contributed by atoms with Crippen LogP contribution in [0.25, 0.3) is 5.69 Å². The molecule has 0 atom stereocenters. The number of nitrogens with zero attached hydrogens (tertiary/aromatic N) is 5. The van der Waals surface area contributed by atoms with E-state index >= 15 is 0 Å². The lowest BCUT2D eigenvalue weighted by atomic mass is 10.1. The Kier molecular flexibility index (Phi) is 5.46. The van der Waals surface area contributed by atoms with Gasteiger partial charge in [-0.05, 0) is 30.2 Å². The Morgan fingerprint density at radius 1 is 1.09 bits per heavy atom. The first-order chi connectivity index (χ1) is 15.7. The molecule has 2 aromatic carbocycles. The molecular formula is C25H26N6O. The highest BCUT2D eigenvalue weighted by atomic mass is 16.2. The summed E-state index contributed by atoms with van der Waals surface area (Å²) in [5.74, 6) is 0. The van der Waals surface area contributed by atoms with Crippen LogP contribution in [0.4, 0.5) is 4.79 Å². The van der Waals surface area contributed by atoms with Crippen LogP contribution in [0.1, 0.15) is 28.1 Å². The average Bonchev–Trinajstić information content (AvgIpc) is 3.48. The fraction of sp³-hybridized carbons (Fsp3) is 0.240. The number of aryl methyl sites for hydroxylation is 1. The third-order valence-electron chi connectivity index (χ3n) is 5.87. The Hall–Kier alpha value is -3.87. The molecule has 4 aromatic rings. The van der Waals surface area contributed by atoms with Crippen molar-refractivity contribution in [2.45, 2.75) is 33.0 Å². The number of fused-ring (bicyclic) bond motifs is 1. The lowest BCUT2D eigenvalue weighted by Crippen LogP contribution is -2.42. The maximum atomic E-state index is 12.8. The normalized spacial score (nSPS) is 13.1. The highest BCUT2D eigenvalue weighted by Crippen LogP contribution is 2.22. The summed E-state index contributed by atoms with van der Waals surface area (Å²) in [7, 11) is 0. The first kappa shape index (κ1) is 20.1. The number of imidazole rings is 2. The predicted octanol–water partition coefficient (Wildman–Crippen LogP) is 3.69. The molecule has 0 spiro atoms. The van der Waals surface area contributed by atoms with E-state index in [0.717, 1.165) is 29.9 Å². The van der Waals surface area contributed by atoms with Gasteiger partial charge in [-0.1, -0.05) is 42.0 Å². The molecule has 2 aromatic heterocycles. The van der Waals surface area contributed by atoms with E-state index in [4.69, 9.17) is 0 Å². The number of aromatic nitrogens is 4. The fourth-order valence-corrected chi connectivity index (χ4v) is 4.13. The van der Waals surface area contributed by atoms with Gasteiger partial charge in [0.15, 0.2) is 0 Å². The van der Waals surface area contributed by atoms with E-state index in [9.17, 15) is 4.79 Å². The molecule has 0 saturated carbocycles. The van der Waals surface area contributed by atoms with E-state index < -0.39 is 0 Å². The summed E-state index contributed by atoms with van der Waals surface area (Å²) >= 11 is 0. The van der Waals surface area contributed by atoms with Crippen LogP contribution in [0.5, 0.6) is 0 Å². The average molecular weight is 427 g/mol. The minimum atomic E-state index is -0.0550. The van der Waals surface area contributed by atoms with Crippen LogP contribution in [-0.2, 0) is 26.1 Å². The van der Waals surface area contributed by atoms with E-state index in [0.29, 0.717) is 19.6 Å². The van der Waals surface area contributed by atoms with Crippen molar-refractivity contribution in [1.29, 1.82) is 0 Å². The number of carbonyl (C=O) groups excluding carboxylic acids is 1. The van der Waals surface area contributed by atoms with Gasteiger partial charge in [0.05, 0.1) is 24.9 Å². The van der Waals surface area contributed by atoms with Crippen molar-refractivity contribution in [2.24, 2.45) is 0 Å². The van der Waals surface area contributed by atoms with Crippen LogP contribution in [0.3, 0.4) is 0 Å². The topological polar surface area (TPSA) is 68.0 Å². The van der Waals surface area contributed by atoms with Gasteiger partial charge in [0.25, 0.3) is 0 Å². The molecule has 0 fully saturated rings.